The molecule has 0 aliphatic heterocycles. The monoisotopic (exact) mass is 641 g/mol. The lowest BCUT2D eigenvalue weighted by atomic mass is 9.93. The van der Waals surface area contributed by atoms with Gasteiger partial charge in [0, 0.05) is 43.8 Å². The standard InChI is InChI=1S/C45H27N3O2/c1-3-12-28(13-4-1)29-22-24-31(25-23-29)44-46-43(30-14-5-2-6-15-30)47-45(48-44)41-33(26-27-39-40(41)36-17-8-10-21-38(36)49-39)35-19-11-18-34-32-16-7-9-20-37(32)50-42(34)35/h1-27H. The Balaban J connectivity index is 1.27. The molecule has 234 valence electrons. The molecule has 7 aromatic carbocycles. The third-order valence-electron chi connectivity index (χ3n) is 9.38. The number of hydrogen-bond donors (Lipinski definition) is 0. The molecule has 0 radical (unpaired) electrons. The Labute approximate surface area is 287 Å². The van der Waals surface area contributed by atoms with Crippen molar-refractivity contribution in [3.8, 4) is 56.4 Å². The number of aromatic nitrogens is 3. The molecule has 0 bridgehead atoms. The Morgan fingerprint density at radius 2 is 0.860 bits per heavy atom. The van der Waals surface area contributed by atoms with E-state index in [2.05, 4.69) is 84.9 Å². The minimum absolute atomic E-state index is 0.557. The minimum atomic E-state index is 0.557. The fourth-order valence-corrected chi connectivity index (χ4v) is 7.01. The summed E-state index contributed by atoms with van der Waals surface area (Å²) < 4.78 is 13.0. The van der Waals surface area contributed by atoms with Crippen molar-refractivity contribution in [1.29, 1.82) is 0 Å². The van der Waals surface area contributed by atoms with Gasteiger partial charge in [0.15, 0.2) is 17.5 Å². The normalized spacial score (nSPS) is 11.6. The van der Waals surface area contributed by atoms with Crippen LogP contribution in [0.4, 0.5) is 0 Å². The Kier molecular flexibility index (Phi) is 6.42. The van der Waals surface area contributed by atoms with Gasteiger partial charge in [-0.1, -0.05) is 140 Å². The van der Waals surface area contributed by atoms with Crippen LogP contribution in [-0.4, -0.2) is 15.0 Å². The van der Waals surface area contributed by atoms with Gasteiger partial charge in [-0.3, -0.25) is 0 Å². The van der Waals surface area contributed by atoms with Gasteiger partial charge in [-0.05, 0) is 41.0 Å². The zero-order chi connectivity index (χ0) is 33.0. The van der Waals surface area contributed by atoms with Gasteiger partial charge in [-0.15, -0.1) is 0 Å². The molecule has 50 heavy (non-hydrogen) atoms. The largest absolute Gasteiger partial charge is 0.456 e. The fraction of sp³-hybridized carbons (Fsp3) is 0. The minimum Gasteiger partial charge on any atom is -0.456 e. The zero-order valence-corrected chi connectivity index (χ0v) is 26.7. The lowest BCUT2D eigenvalue weighted by molar-refractivity contribution is 0.668. The molecular weight excluding hydrogens is 615 g/mol. The predicted octanol–water partition coefficient (Wildman–Crippen LogP) is 12.0. The van der Waals surface area contributed by atoms with Gasteiger partial charge in [0.1, 0.15) is 22.3 Å². The number of fused-ring (bicyclic) bond motifs is 6. The molecule has 0 aliphatic carbocycles. The smallest absolute Gasteiger partial charge is 0.165 e. The Bertz CT molecular complexity index is 2850. The first-order valence-corrected chi connectivity index (χ1v) is 16.6. The van der Waals surface area contributed by atoms with Gasteiger partial charge in [-0.2, -0.15) is 0 Å². The van der Waals surface area contributed by atoms with Gasteiger partial charge in [0.2, 0.25) is 0 Å². The summed E-state index contributed by atoms with van der Waals surface area (Å²) in [7, 11) is 0. The molecule has 0 fully saturated rings. The number of benzene rings is 7. The van der Waals surface area contributed by atoms with Crippen molar-refractivity contribution in [2.75, 3.05) is 0 Å². The summed E-state index contributed by atoms with van der Waals surface area (Å²) in [6.45, 7) is 0. The second kappa shape index (κ2) is 11.4. The highest BCUT2D eigenvalue weighted by atomic mass is 16.3. The van der Waals surface area contributed by atoms with Gasteiger partial charge in [0.25, 0.3) is 0 Å². The predicted molar refractivity (Wildman–Crippen MR) is 202 cm³/mol. The van der Waals surface area contributed by atoms with Crippen LogP contribution in [0.1, 0.15) is 0 Å². The maximum atomic E-state index is 6.57. The van der Waals surface area contributed by atoms with Crippen molar-refractivity contribution in [3.63, 3.8) is 0 Å². The summed E-state index contributed by atoms with van der Waals surface area (Å²) >= 11 is 0. The Morgan fingerprint density at radius 1 is 0.320 bits per heavy atom. The van der Waals surface area contributed by atoms with Crippen molar-refractivity contribution in [3.05, 3.63) is 164 Å². The van der Waals surface area contributed by atoms with E-state index in [9.17, 15) is 0 Å². The van der Waals surface area contributed by atoms with Crippen LogP contribution in [0.5, 0.6) is 0 Å². The van der Waals surface area contributed by atoms with Crippen LogP contribution in [-0.2, 0) is 0 Å². The quantitative estimate of drug-likeness (QED) is 0.187. The molecule has 3 aromatic heterocycles. The zero-order valence-electron chi connectivity index (χ0n) is 26.7. The maximum Gasteiger partial charge on any atom is 0.165 e. The highest BCUT2D eigenvalue weighted by Gasteiger charge is 2.24. The van der Waals surface area contributed by atoms with Gasteiger partial charge in [-0.25, -0.2) is 15.0 Å². The van der Waals surface area contributed by atoms with Crippen LogP contribution < -0.4 is 0 Å². The summed E-state index contributed by atoms with van der Waals surface area (Å²) in [5, 5.41) is 4.07. The first-order valence-electron chi connectivity index (χ1n) is 16.6. The van der Waals surface area contributed by atoms with Gasteiger partial charge < -0.3 is 8.83 Å². The summed E-state index contributed by atoms with van der Waals surface area (Å²) in [4.78, 5) is 15.5. The first kappa shape index (κ1) is 28.2. The highest BCUT2D eigenvalue weighted by Crippen LogP contribution is 2.45. The molecule has 0 N–H and O–H groups in total. The maximum absolute atomic E-state index is 6.57. The summed E-state index contributed by atoms with van der Waals surface area (Å²) in [6, 6.07) is 55.6. The molecule has 0 saturated heterocycles. The van der Waals surface area contributed by atoms with Crippen LogP contribution in [0.25, 0.3) is 100 Å². The average molecular weight is 642 g/mol. The molecule has 5 heteroatoms. The SMILES string of the molecule is c1ccc(-c2ccc(-c3nc(-c4ccccc4)nc(-c4c(-c5cccc6c5oc5ccccc56)ccc5oc6ccccc6c45)n3)cc2)cc1. The number of hydrogen-bond acceptors (Lipinski definition) is 5. The first-order chi connectivity index (χ1) is 24.8. The fourth-order valence-electron chi connectivity index (χ4n) is 7.01. The van der Waals surface area contributed by atoms with Crippen molar-refractivity contribution < 1.29 is 8.83 Å². The number of para-hydroxylation sites is 3. The molecule has 10 aromatic rings. The van der Waals surface area contributed by atoms with Crippen LogP contribution in [0.2, 0.25) is 0 Å². The van der Waals surface area contributed by atoms with E-state index < -0.39 is 0 Å². The van der Waals surface area contributed by atoms with Crippen LogP contribution >= 0.6 is 0 Å². The average Bonchev–Trinajstić information content (AvgIpc) is 3.77. The Hall–Kier alpha value is -6.85. The second-order valence-electron chi connectivity index (χ2n) is 12.4. The number of rotatable bonds is 5. The Morgan fingerprint density at radius 3 is 1.60 bits per heavy atom. The van der Waals surface area contributed by atoms with Crippen molar-refractivity contribution in [2.45, 2.75) is 0 Å². The van der Waals surface area contributed by atoms with E-state index >= 15 is 0 Å². The van der Waals surface area contributed by atoms with Crippen molar-refractivity contribution in [1.82, 2.24) is 15.0 Å². The van der Waals surface area contributed by atoms with Gasteiger partial charge in [0.05, 0.1) is 0 Å². The van der Waals surface area contributed by atoms with Crippen LogP contribution in [0.3, 0.4) is 0 Å². The summed E-state index contributed by atoms with van der Waals surface area (Å²) in [5.74, 6) is 1.74. The van der Waals surface area contributed by atoms with E-state index in [1.165, 1.54) is 0 Å². The highest BCUT2D eigenvalue weighted by molar-refractivity contribution is 6.17. The van der Waals surface area contributed by atoms with E-state index in [1.54, 1.807) is 0 Å². The molecule has 0 saturated carbocycles. The van der Waals surface area contributed by atoms with E-state index in [0.717, 1.165) is 82.8 Å². The molecule has 0 atom stereocenters. The lowest BCUT2D eigenvalue weighted by Gasteiger charge is -2.14. The van der Waals surface area contributed by atoms with E-state index in [1.807, 2.05) is 78.9 Å². The molecular formula is C45H27N3O2. The summed E-state index contributed by atoms with van der Waals surface area (Å²) in [5.41, 5.74) is 10.1. The van der Waals surface area contributed by atoms with Crippen molar-refractivity contribution in [2.24, 2.45) is 0 Å². The topological polar surface area (TPSA) is 65.0 Å². The molecule has 0 spiro atoms. The number of nitrogens with zero attached hydrogens (tertiary/aromatic N) is 3. The molecule has 0 unspecified atom stereocenters. The van der Waals surface area contributed by atoms with Crippen molar-refractivity contribution >= 4 is 43.9 Å². The third-order valence-corrected chi connectivity index (χ3v) is 9.38. The summed E-state index contributed by atoms with van der Waals surface area (Å²) in [6.07, 6.45) is 0. The molecule has 5 nitrogen and oxygen atoms in total. The van der Waals surface area contributed by atoms with Gasteiger partial charge >= 0.3 is 0 Å². The van der Waals surface area contributed by atoms with Crippen LogP contribution in [0.15, 0.2) is 173 Å². The van der Waals surface area contributed by atoms with E-state index in [0.29, 0.717) is 17.5 Å². The third kappa shape index (κ3) is 4.60. The molecule has 10 rings (SSSR count). The van der Waals surface area contributed by atoms with Crippen LogP contribution in [0, 0.1) is 0 Å². The lowest BCUT2D eigenvalue weighted by Crippen LogP contribution is -2.01. The molecule has 0 amide bonds. The molecule has 3 heterocycles. The number of furan rings is 2. The van der Waals surface area contributed by atoms with E-state index in [-0.39, 0.29) is 0 Å². The van der Waals surface area contributed by atoms with E-state index in [4.69, 9.17) is 23.8 Å². The molecule has 0 aliphatic rings. The second-order valence-corrected chi connectivity index (χ2v) is 12.4.